The van der Waals surface area contributed by atoms with Crippen molar-refractivity contribution in [3.05, 3.63) is 88.3 Å². The number of nitrogens with one attached hydrogen (secondary N) is 1. The number of anilines is 1. The van der Waals surface area contributed by atoms with Gasteiger partial charge in [-0.3, -0.25) is 18.9 Å². The minimum Gasteiger partial charge on any atom is -0.369 e. The minimum absolute atomic E-state index is 0. The number of piperazine rings is 1. The molecule has 3 heterocycles. The van der Waals surface area contributed by atoms with Crippen LogP contribution < -0.4 is 15.8 Å². The fraction of sp³-hybridized carbons (Fsp3) is 0.321. The summed E-state index contributed by atoms with van der Waals surface area (Å²) in [4.78, 5) is 35.4. The van der Waals surface area contributed by atoms with Crippen molar-refractivity contribution in [3.8, 4) is 0 Å². The summed E-state index contributed by atoms with van der Waals surface area (Å²) in [5.74, 6) is 0.135. The molecule has 0 radical (unpaired) electrons. The van der Waals surface area contributed by atoms with Crippen molar-refractivity contribution in [2.45, 2.75) is 19.8 Å². The van der Waals surface area contributed by atoms with Crippen LogP contribution in [0.3, 0.4) is 0 Å². The molecule has 1 aliphatic heterocycles. The van der Waals surface area contributed by atoms with Crippen molar-refractivity contribution in [3.63, 3.8) is 0 Å². The number of pyridine rings is 1. The molecular weight excluding hydrogens is 474 g/mol. The molecule has 7 nitrogen and oxygen atoms in total. The number of fused-ring (bicyclic) bond motifs is 2. The van der Waals surface area contributed by atoms with Gasteiger partial charge >= 0.3 is 0 Å². The van der Waals surface area contributed by atoms with E-state index in [4.69, 9.17) is 0 Å². The van der Waals surface area contributed by atoms with Crippen molar-refractivity contribution >= 4 is 40.6 Å². The molecule has 1 fully saturated rings. The predicted octanol–water partition coefficient (Wildman–Crippen LogP) is 3.94. The smallest absolute Gasteiger partial charge is 0.265 e. The zero-order chi connectivity index (χ0) is 24.4. The van der Waals surface area contributed by atoms with E-state index in [-0.39, 0.29) is 23.9 Å². The van der Waals surface area contributed by atoms with E-state index < -0.39 is 0 Å². The van der Waals surface area contributed by atoms with Crippen LogP contribution in [0.5, 0.6) is 0 Å². The third kappa shape index (κ3) is 5.37. The lowest BCUT2D eigenvalue weighted by Crippen LogP contribution is -2.48. The van der Waals surface area contributed by atoms with Gasteiger partial charge in [0.15, 0.2) is 0 Å². The van der Waals surface area contributed by atoms with E-state index in [1.165, 1.54) is 10.1 Å². The van der Waals surface area contributed by atoms with Crippen LogP contribution in [-0.2, 0) is 0 Å². The molecule has 1 saturated heterocycles. The quantitative estimate of drug-likeness (QED) is 0.402. The Morgan fingerprint density at radius 3 is 2.47 bits per heavy atom. The number of nitrogens with zero attached hydrogens (tertiary/aromatic N) is 4. The third-order valence-electron chi connectivity index (χ3n) is 6.77. The van der Waals surface area contributed by atoms with Crippen LogP contribution in [0.2, 0.25) is 0 Å². The van der Waals surface area contributed by atoms with Crippen LogP contribution in [0, 0.1) is 0 Å². The van der Waals surface area contributed by atoms with E-state index in [0.29, 0.717) is 34.6 Å². The Balaban J connectivity index is 0.00000304. The number of hydrogen-bond donors (Lipinski definition) is 1. The Hall–Kier alpha value is -3.42. The predicted molar refractivity (Wildman–Crippen MR) is 148 cm³/mol. The van der Waals surface area contributed by atoms with E-state index in [1.807, 2.05) is 24.3 Å². The molecule has 188 valence electrons. The largest absolute Gasteiger partial charge is 0.369 e. The summed E-state index contributed by atoms with van der Waals surface area (Å²) in [7, 11) is 0. The molecule has 0 saturated carbocycles. The fourth-order valence-electron chi connectivity index (χ4n) is 4.61. The lowest BCUT2D eigenvalue weighted by atomic mass is 10.0. The summed E-state index contributed by atoms with van der Waals surface area (Å²) in [6.45, 7) is 9.44. The molecule has 36 heavy (non-hydrogen) atoms. The molecule has 1 amide bonds. The average molecular weight is 506 g/mol. The van der Waals surface area contributed by atoms with Crippen molar-refractivity contribution < 1.29 is 4.79 Å². The SMILES string of the molecule is CC(C)c1ccc2nc3ccc(C(=O)NCCN4CCN(c5ccccc5)CC4)cn3c(=O)c2c1.Cl. The number of amides is 1. The number of benzene rings is 2. The van der Waals surface area contributed by atoms with Gasteiger partial charge in [0.05, 0.1) is 16.5 Å². The number of para-hydroxylation sites is 1. The van der Waals surface area contributed by atoms with Crippen molar-refractivity contribution in [2.75, 3.05) is 44.2 Å². The van der Waals surface area contributed by atoms with Gasteiger partial charge in [-0.2, -0.15) is 0 Å². The van der Waals surface area contributed by atoms with Crippen LogP contribution >= 0.6 is 12.4 Å². The Morgan fingerprint density at radius 1 is 1.00 bits per heavy atom. The second-order valence-corrected chi connectivity index (χ2v) is 9.41. The second kappa shape index (κ2) is 11.1. The maximum Gasteiger partial charge on any atom is 0.265 e. The standard InChI is InChI=1S/C28H31N5O2.ClH/c1-20(2)21-8-10-25-24(18-21)28(35)33-19-22(9-11-26(33)30-25)27(34)29-12-13-31-14-16-32(17-15-31)23-6-4-3-5-7-23;/h3-11,18-20H,12-17H2,1-2H3,(H,29,34);1H. The number of rotatable bonds is 6. The van der Waals surface area contributed by atoms with Crippen LogP contribution in [-0.4, -0.2) is 59.5 Å². The van der Waals surface area contributed by atoms with E-state index in [1.54, 1.807) is 18.3 Å². The van der Waals surface area contributed by atoms with Gasteiger partial charge in [0.25, 0.3) is 11.5 Å². The molecule has 0 atom stereocenters. The number of aromatic nitrogens is 2. The van der Waals surface area contributed by atoms with Gasteiger partial charge in [-0.25, -0.2) is 4.98 Å². The molecule has 0 unspecified atom stereocenters. The lowest BCUT2D eigenvalue weighted by molar-refractivity contribution is 0.0947. The first-order valence-corrected chi connectivity index (χ1v) is 12.3. The van der Waals surface area contributed by atoms with Crippen molar-refractivity contribution in [2.24, 2.45) is 0 Å². The molecule has 0 bridgehead atoms. The van der Waals surface area contributed by atoms with Crippen LogP contribution in [0.4, 0.5) is 5.69 Å². The van der Waals surface area contributed by atoms with Gasteiger partial charge in [0.1, 0.15) is 5.65 Å². The third-order valence-corrected chi connectivity index (χ3v) is 6.77. The van der Waals surface area contributed by atoms with Gasteiger partial charge in [-0.1, -0.05) is 38.1 Å². The zero-order valence-corrected chi connectivity index (χ0v) is 21.5. The highest BCUT2D eigenvalue weighted by Crippen LogP contribution is 2.19. The highest BCUT2D eigenvalue weighted by atomic mass is 35.5. The summed E-state index contributed by atoms with van der Waals surface area (Å²) in [5.41, 5.74) is 3.86. The summed E-state index contributed by atoms with van der Waals surface area (Å²) in [5, 5.41) is 3.57. The molecule has 2 aromatic carbocycles. The molecule has 0 aliphatic carbocycles. The summed E-state index contributed by atoms with van der Waals surface area (Å²) in [6.07, 6.45) is 1.60. The molecule has 8 heteroatoms. The minimum atomic E-state index is -0.183. The second-order valence-electron chi connectivity index (χ2n) is 9.41. The molecule has 2 aromatic heterocycles. The summed E-state index contributed by atoms with van der Waals surface area (Å²) < 4.78 is 1.48. The first-order chi connectivity index (χ1) is 17.0. The Morgan fingerprint density at radius 2 is 1.75 bits per heavy atom. The molecule has 4 aromatic rings. The van der Waals surface area contributed by atoms with Gasteiger partial charge in [-0.05, 0) is 47.9 Å². The summed E-state index contributed by atoms with van der Waals surface area (Å²) >= 11 is 0. The maximum absolute atomic E-state index is 13.2. The van der Waals surface area contributed by atoms with E-state index in [9.17, 15) is 9.59 Å². The lowest BCUT2D eigenvalue weighted by Gasteiger charge is -2.36. The highest BCUT2D eigenvalue weighted by Gasteiger charge is 2.17. The molecule has 5 rings (SSSR count). The maximum atomic E-state index is 13.2. The molecule has 1 N–H and O–H groups in total. The number of carbonyl (C=O) groups is 1. The monoisotopic (exact) mass is 505 g/mol. The molecule has 0 spiro atoms. The average Bonchev–Trinajstić information content (AvgIpc) is 2.89. The first-order valence-electron chi connectivity index (χ1n) is 12.3. The Kier molecular flexibility index (Phi) is 7.91. The summed E-state index contributed by atoms with van der Waals surface area (Å²) in [6, 6.07) is 19.7. The van der Waals surface area contributed by atoms with E-state index >= 15 is 0 Å². The van der Waals surface area contributed by atoms with Gasteiger partial charge < -0.3 is 10.2 Å². The zero-order valence-electron chi connectivity index (χ0n) is 20.7. The van der Waals surface area contributed by atoms with Crippen molar-refractivity contribution in [1.29, 1.82) is 0 Å². The van der Waals surface area contributed by atoms with Gasteiger partial charge in [0, 0.05) is 51.2 Å². The Labute approximate surface area is 217 Å². The Bertz CT molecular complexity index is 1410. The topological polar surface area (TPSA) is 70.0 Å². The van der Waals surface area contributed by atoms with Gasteiger partial charge in [-0.15, -0.1) is 12.4 Å². The van der Waals surface area contributed by atoms with Crippen LogP contribution in [0.1, 0.15) is 35.7 Å². The van der Waals surface area contributed by atoms with E-state index in [2.05, 4.69) is 58.2 Å². The first kappa shape index (κ1) is 25.7. The molecular formula is C28H32ClN5O2. The van der Waals surface area contributed by atoms with Crippen LogP contribution in [0.15, 0.2) is 71.7 Å². The fourth-order valence-corrected chi connectivity index (χ4v) is 4.61. The van der Waals surface area contributed by atoms with E-state index in [0.717, 1.165) is 38.3 Å². The normalized spacial score (nSPS) is 14.2. The number of halogens is 1. The molecule has 1 aliphatic rings. The van der Waals surface area contributed by atoms with Gasteiger partial charge in [0.2, 0.25) is 0 Å². The van der Waals surface area contributed by atoms with Crippen molar-refractivity contribution in [1.82, 2.24) is 19.6 Å². The number of hydrogen-bond acceptors (Lipinski definition) is 5. The van der Waals surface area contributed by atoms with Crippen LogP contribution in [0.25, 0.3) is 16.6 Å². The highest BCUT2D eigenvalue weighted by molar-refractivity contribution is 5.94. The number of carbonyl (C=O) groups excluding carboxylic acids is 1.